The minimum absolute atomic E-state index is 0.184. The summed E-state index contributed by atoms with van der Waals surface area (Å²) in [6.07, 6.45) is 2.38. The molecule has 0 spiro atoms. The van der Waals surface area contributed by atoms with Gasteiger partial charge in [-0.3, -0.25) is 4.79 Å². The van der Waals surface area contributed by atoms with Gasteiger partial charge in [0.15, 0.2) is 0 Å². The first kappa shape index (κ1) is 15.3. The number of esters is 1. The van der Waals surface area contributed by atoms with Crippen LogP contribution in [0.1, 0.15) is 32.3 Å². The van der Waals surface area contributed by atoms with E-state index in [1.165, 1.54) is 0 Å². The average molecular weight is 296 g/mol. The first-order chi connectivity index (χ1) is 9.47. The Balaban J connectivity index is 1.92. The number of halogens is 1. The summed E-state index contributed by atoms with van der Waals surface area (Å²) in [5, 5.41) is 3.98. The van der Waals surface area contributed by atoms with Gasteiger partial charge >= 0.3 is 5.97 Å². The molecule has 1 aliphatic heterocycles. The lowest BCUT2D eigenvalue weighted by Gasteiger charge is -2.36. The highest BCUT2D eigenvalue weighted by Gasteiger charge is 2.33. The number of hydrogen-bond donors (Lipinski definition) is 1. The molecule has 1 N–H and O–H groups in total. The highest BCUT2D eigenvalue weighted by atomic mass is 35.5. The molecule has 20 heavy (non-hydrogen) atoms. The van der Waals surface area contributed by atoms with Gasteiger partial charge < -0.3 is 10.1 Å². The number of benzene rings is 1. The van der Waals surface area contributed by atoms with Crippen LogP contribution in [0.3, 0.4) is 0 Å². The molecule has 1 aromatic rings. The quantitative estimate of drug-likeness (QED) is 0.867. The van der Waals surface area contributed by atoms with Crippen LogP contribution in [-0.2, 0) is 16.0 Å². The molecule has 1 saturated heterocycles. The summed E-state index contributed by atoms with van der Waals surface area (Å²) in [5.41, 5.74) is 0.487. The molecule has 1 aliphatic rings. The van der Waals surface area contributed by atoms with E-state index < -0.39 is 5.60 Å². The zero-order valence-electron chi connectivity index (χ0n) is 12.1. The summed E-state index contributed by atoms with van der Waals surface area (Å²) >= 11 is 5.92. The highest BCUT2D eigenvalue weighted by Crippen LogP contribution is 2.29. The van der Waals surface area contributed by atoms with E-state index in [2.05, 4.69) is 5.32 Å². The van der Waals surface area contributed by atoms with Crippen molar-refractivity contribution in [3.8, 4) is 0 Å². The summed E-state index contributed by atoms with van der Waals surface area (Å²) in [4.78, 5) is 12.1. The Morgan fingerprint density at radius 2 is 2.10 bits per heavy atom. The second-order valence-electron chi connectivity index (χ2n) is 5.91. The number of rotatable bonds is 4. The smallest absolute Gasteiger partial charge is 0.310 e. The molecule has 0 atom stereocenters. The maximum Gasteiger partial charge on any atom is 0.310 e. The standard InChI is InChI=1S/C16H22ClNO2/c1-16(2,13-6-8-18-9-7-13)20-15(19)11-12-4-3-5-14(17)10-12/h3-5,10,13,18H,6-9,11H2,1-2H3. The fourth-order valence-corrected chi connectivity index (χ4v) is 2.96. The molecule has 0 unspecified atom stereocenters. The van der Waals surface area contributed by atoms with Crippen LogP contribution in [0.5, 0.6) is 0 Å². The zero-order valence-corrected chi connectivity index (χ0v) is 12.9. The Morgan fingerprint density at radius 1 is 1.40 bits per heavy atom. The molecule has 0 radical (unpaired) electrons. The summed E-state index contributed by atoms with van der Waals surface area (Å²) < 4.78 is 5.71. The fraction of sp³-hybridized carbons (Fsp3) is 0.562. The summed E-state index contributed by atoms with van der Waals surface area (Å²) in [5.74, 6) is 0.239. The minimum Gasteiger partial charge on any atom is -0.459 e. The van der Waals surface area contributed by atoms with Crippen molar-refractivity contribution in [3.05, 3.63) is 34.9 Å². The van der Waals surface area contributed by atoms with Crippen molar-refractivity contribution in [1.82, 2.24) is 5.32 Å². The van der Waals surface area contributed by atoms with Gasteiger partial charge in [-0.25, -0.2) is 0 Å². The lowest BCUT2D eigenvalue weighted by molar-refractivity contribution is -0.161. The van der Waals surface area contributed by atoms with Crippen LogP contribution in [-0.4, -0.2) is 24.7 Å². The molecule has 0 aromatic heterocycles. The van der Waals surface area contributed by atoms with Crippen LogP contribution in [0, 0.1) is 5.92 Å². The lowest BCUT2D eigenvalue weighted by Crippen LogP contribution is -2.43. The molecule has 0 saturated carbocycles. The SMILES string of the molecule is CC(C)(OC(=O)Cc1cccc(Cl)c1)C1CCNCC1. The van der Waals surface area contributed by atoms with Gasteiger partial charge in [0.25, 0.3) is 0 Å². The average Bonchev–Trinajstić information content (AvgIpc) is 2.39. The van der Waals surface area contributed by atoms with Crippen LogP contribution in [0.4, 0.5) is 0 Å². The Hall–Kier alpha value is -1.06. The Morgan fingerprint density at radius 3 is 2.75 bits per heavy atom. The minimum atomic E-state index is -0.405. The third-order valence-electron chi connectivity index (χ3n) is 3.94. The van der Waals surface area contributed by atoms with E-state index in [1.54, 1.807) is 12.1 Å². The molecule has 4 heteroatoms. The first-order valence-corrected chi connectivity index (χ1v) is 7.52. The van der Waals surface area contributed by atoms with E-state index in [0.29, 0.717) is 10.9 Å². The number of carbonyl (C=O) groups is 1. The van der Waals surface area contributed by atoms with Crippen LogP contribution in [0.15, 0.2) is 24.3 Å². The van der Waals surface area contributed by atoms with Gasteiger partial charge in [0.2, 0.25) is 0 Å². The predicted octanol–water partition coefficient (Wildman–Crippen LogP) is 3.20. The number of nitrogens with one attached hydrogen (secondary N) is 1. The van der Waals surface area contributed by atoms with Gasteiger partial charge in [0.1, 0.15) is 5.60 Å². The first-order valence-electron chi connectivity index (χ1n) is 7.14. The Kier molecular flexibility index (Phi) is 5.06. The second-order valence-corrected chi connectivity index (χ2v) is 6.34. The zero-order chi connectivity index (χ0) is 14.6. The van der Waals surface area contributed by atoms with Gasteiger partial charge in [-0.15, -0.1) is 0 Å². The van der Waals surface area contributed by atoms with Crippen molar-refractivity contribution in [2.75, 3.05) is 13.1 Å². The normalized spacial score (nSPS) is 16.9. The highest BCUT2D eigenvalue weighted by molar-refractivity contribution is 6.30. The van der Waals surface area contributed by atoms with E-state index in [0.717, 1.165) is 31.5 Å². The number of hydrogen-bond acceptors (Lipinski definition) is 3. The van der Waals surface area contributed by atoms with Gasteiger partial charge in [0, 0.05) is 10.9 Å². The summed E-state index contributed by atoms with van der Waals surface area (Å²) in [6.45, 7) is 6.03. The molecule has 3 nitrogen and oxygen atoms in total. The molecule has 2 rings (SSSR count). The lowest BCUT2D eigenvalue weighted by atomic mass is 9.83. The largest absolute Gasteiger partial charge is 0.459 e. The maximum absolute atomic E-state index is 12.1. The topological polar surface area (TPSA) is 38.3 Å². The molecule has 1 fully saturated rings. The van der Waals surface area contributed by atoms with E-state index in [4.69, 9.17) is 16.3 Å². The number of carbonyl (C=O) groups excluding carboxylic acids is 1. The molecule has 1 aromatic carbocycles. The van der Waals surface area contributed by atoms with Gasteiger partial charge in [-0.05, 0) is 57.5 Å². The molecule has 0 amide bonds. The molecular weight excluding hydrogens is 274 g/mol. The van der Waals surface area contributed by atoms with Crippen molar-refractivity contribution in [2.24, 2.45) is 5.92 Å². The van der Waals surface area contributed by atoms with Crippen LogP contribution < -0.4 is 5.32 Å². The van der Waals surface area contributed by atoms with E-state index in [9.17, 15) is 4.79 Å². The van der Waals surface area contributed by atoms with E-state index in [-0.39, 0.29) is 12.4 Å². The second kappa shape index (κ2) is 6.59. The third kappa shape index (κ3) is 4.22. The van der Waals surface area contributed by atoms with E-state index >= 15 is 0 Å². The van der Waals surface area contributed by atoms with Gasteiger partial charge in [-0.1, -0.05) is 23.7 Å². The van der Waals surface area contributed by atoms with Gasteiger partial charge in [0.05, 0.1) is 6.42 Å². The van der Waals surface area contributed by atoms with Crippen molar-refractivity contribution in [2.45, 2.75) is 38.7 Å². The van der Waals surface area contributed by atoms with Crippen molar-refractivity contribution in [1.29, 1.82) is 0 Å². The molecule has 1 heterocycles. The number of piperidine rings is 1. The van der Waals surface area contributed by atoms with Crippen LogP contribution >= 0.6 is 11.6 Å². The van der Waals surface area contributed by atoms with Crippen LogP contribution in [0.25, 0.3) is 0 Å². The monoisotopic (exact) mass is 295 g/mol. The number of ether oxygens (including phenoxy) is 1. The molecule has 0 aliphatic carbocycles. The molecule has 0 bridgehead atoms. The van der Waals surface area contributed by atoms with Crippen molar-refractivity contribution < 1.29 is 9.53 Å². The van der Waals surface area contributed by atoms with E-state index in [1.807, 2.05) is 26.0 Å². The maximum atomic E-state index is 12.1. The van der Waals surface area contributed by atoms with Crippen molar-refractivity contribution in [3.63, 3.8) is 0 Å². The summed E-state index contributed by atoms with van der Waals surface area (Å²) in [6, 6.07) is 7.35. The molecular formula is C16H22ClNO2. The molecule has 110 valence electrons. The Bertz CT molecular complexity index is 467. The Labute approximate surface area is 125 Å². The van der Waals surface area contributed by atoms with Crippen molar-refractivity contribution >= 4 is 17.6 Å². The third-order valence-corrected chi connectivity index (χ3v) is 4.17. The van der Waals surface area contributed by atoms with Gasteiger partial charge in [-0.2, -0.15) is 0 Å². The summed E-state index contributed by atoms with van der Waals surface area (Å²) in [7, 11) is 0. The predicted molar refractivity (Wildman–Crippen MR) is 80.9 cm³/mol. The fourth-order valence-electron chi connectivity index (χ4n) is 2.74. The van der Waals surface area contributed by atoms with Crippen LogP contribution in [0.2, 0.25) is 5.02 Å².